The summed E-state index contributed by atoms with van der Waals surface area (Å²) in [5.41, 5.74) is 4.90. The number of fused-ring (bicyclic) bond motifs is 1. The summed E-state index contributed by atoms with van der Waals surface area (Å²) in [5, 5.41) is 4.75. The average Bonchev–Trinajstić information content (AvgIpc) is 3.20. The van der Waals surface area contributed by atoms with Crippen LogP contribution in [0.1, 0.15) is 26.5 Å². The van der Waals surface area contributed by atoms with E-state index in [-0.39, 0.29) is 31.5 Å². The van der Waals surface area contributed by atoms with Crippen molar-refractivity contribution >= 4 is 31.1 Å². The molecule has 3 N–H and O–H groups in total. The van der Waals surface area contributed by atoms with Crippen LogP contribution in [0.25, 0.3) is 10.8 Å². The number of esters is 1. The van der Waals surface area contributed by atoms with Gasteiger partial charge in [0, 0.05) is 18.0 Å². The third-order valence-electron chi connectivity index (χ3n) is 5.33. The summed E-state index contributed by atoms with van der Waals surface area (Å²) in [6, 6.07) is 14.7. The third-order valence-corrected chi connectivity index (χ3v) is 6.49. The molecule has 12 heteroatoms. The van der Waals surface area contributed by atoms with Crippen LogP contribution in [0.15, 0.2) is 59.5 Å². The topological polar surface area (TPSA) is 127 Å². The number of benzene rings is 2. The Labute approximate surface area is 208 Å². The van der Waals surface area contributed by atoms with Gasteiger partial charge in [-0.25, -0.2) is 14.3 Å². The monoisotopic (exact) mass is 518 g/mol. The van der Waals surface area contributed by atoms with E-state index >= 15 is 0 Å². The Kier molecular flexibility index (Phi) is 8.48. The Morgan fingerprint density at radius 2 is 2.06 bits per heavy atom. The second-order valence-electron chi connectivity index (χ2n) is 8.42. The first-order valence-corrected chi connectivity index (χ1v) is 12.6. The molecule has 0 spiro atoms. The van der Waals surface area contributed by atoms with Crippen LogP contribution in [0, 0.1) is 0 Å². The molecule has 10 nitrogen and oxygen atoms in total. The van der Waals surface area contributed by atoms with E-state index < -0.39 is 38.7 Å². The van der Waals surface area contributed by atoms with E-state index in [1.807, 2.05) is 36.4 Å². The van der Waals surface area contributed by atoms with Crippen LogP contribution in [0.5, 0.6) is 5.75 Å². The van der Waals surface area contributed by atoms with Crippen LogP contribution >= 0.6 is 8.53 Å². The second-order valence-corrected chi connectivity index (χ2v) is 9.69. The van der Waals surface area contributed by atoms with Crippen molar-refractivity contribution in [3.63, 3.8) is 0 Å². The zero-order chi connectivity index (χ0) is 25.7. The maximum Gasteiger partial charge on any atom is 0.351 e. The van der Waals surface area contributed by atoms with Crippen LogP contribution < -0.4 is 21.0 Å². The molecule has 0 radical (unpaired) electrons. The van der Waals surface area contributed by atoms with E-state index in [1.165, 1.54) is 16.8 Å². The summed E-state index contributed by atoms with van der Waals surface area (Å²) in [7, 11) is -1.88. The lowest BCUT2D eigenvalue weighted by atomic mass is 10.1. The average molecular weight is 518 g/mol. The van der Waals surface area contributed by atoms with Gasteiger partial charge in [0.1, 0.15) is 36.6 Å². The zero-order valence-electron chi connectivity index (χ0n) is 19.9. The van der Waals surface area contributed by atoms with Gasteiger partial charge in [-0.3, -0.25) is 9.36 Å². The molecule has 1 fully saturated rings. The number of aromatic nitrogens is 2. The second kappa shape index (κ2) is 11.7. The molecule has 4 atom stereocenters. The van der Waals surface area contributed by atoms with Crippen LogP contribution in [0.3, 0.4) is 0 Å². The predicted molar refractivity (Wildman–Crippen MR) is 133 cm³/mol. The van der Waals surface area contributed by atoms with Crippen molar-refractivity contribution in [2.24, 2.45) is 0 Å². The number of rotatable bonds is 10. The maximum atomic E-state index is 14.8. The molecule has 1 aliphatic heterocycles. The van der Waals surface area contributed by atoms with Gasteiger partial charge in [0.15, 0.2) is 0 Å². The number of halogens is 1. The maximum absolute atomic E-state index is 14.8. The van der Waals surface area contributed by atoms with Crippen LogP contribution in [0.4, 0.5) is 10.2 Å². The van der Waals surface area contributed by atoms with E-state index in [9.17, 15) is 14.0 Å². The summed E-state index contributed by atoms with van der Waals surface area (Å²) in [4.78, 5) is 27.8. The minimum absolute atomic E-state index is 0.0459. The van der Waals surface area contributed by atoms with Gasteiger partial charge >= 0.3 is 20.2 Å². The van der Waals surface area contributed by atoms with Crippen LogP contribution in [-0.4, -0.2) is 47.1 Å². The Morgan fingerprint density at radius 1 is 1.28 bits per heavy atom. The molecule has 1 aromatic heterocycles. The quantitative estimate of drug-likeness (QED) is 0.306. The number of carbonyl (C=O) groups excluding carboxylic acids is 1. The molecular weight excluding hydrogens is 490 g/mol. The summed E-state index contributed by atoms with van der Waals surface area (Å²) in [5.74, 6) is 0.146. The number of anilines is 1. The fraction of sp³-hybridized carbons (Fsp3) is 0.375. The largest absolute Gasteiger partial charge is 0.462 e. The molecule has 0 bridgehead atoms. The number of nitrogens with one attached hydrogen (secondary N) is 1. The number of alkyl halides is 1. The van der Waals surface area contributed by atoms with Gasteiger partial charge in [0.25, 0.3) is 0 Å². The number of ether oxygens (including phenoxy) is 2. The Bertz CT molecular complexity index is 1250. The van der Waals surface area contributed by atoms with Crippen LogP contribution in [-0.2, 0) is 18.8 Å². The molecule has 0 saturated carbocycles. The SMILES string of the molecule is CC(C)OC(=O)CNP(OCC1OC(n2ccc(N)nc2=O)CC1F)Oc1cccc2ccccc12. The lowest BCUT2D eigenvalue weighted by Crippen LogP contribution is -2.29. The highest BCUT2D eigenvalue weighted by Crippen LogP contribution is 2.40. The Hall–Kier alpha value is -3.11. The van der Waals surface area contributed by atoms with Gasteiger partial charge in [-0.05, 0) is 31.4 Å². The van der Waals surface area contributed by atoms with Crippen molar-refractivity contribution in [3.05, 3.63) is 65.2 Å². The number of nitrogen functional groups attached to an aromatic ring is 1. The Balaban J connectivity index is 1.44. The predicted octanol–water partition coefficient (Wildman–Crippen LogP) is 3.47. The Morgan fingerprint density at radius 3 is 2.83 bits per heavy atom. The van der Waals surface area contributed by atoms with Gasteiger partial charge in [0.05, 0.1) is 12.7 Å². The normalized spacial score (nSPS) is 20.5. The van der Waals surface area contributed by atoms with Crippen molar-refractivity contribution in [1.29, 1.82) is 0 Å². The van der Waals surface area contributed by atoms with Gasteiger partial charge in [-0.1, -0.05) is 36.4 Å². The number of hydrogen-bond donors (Lipinski definition) is 2. The molecule has 36 heavy (non-hydrogen) atoms. The van der Waals surface area contributed by atoms with Crippen molar-refractivity contribution in [1.82, 2.24) is 14.6 Å². The highest BCUT2D eigenvalue weighted by Gasteiger charge is 2.38. The number of carbonyl (C=O) groups is 1. The van der Waals surface area contributed by atoms with Gasteiger partial charge < -0.3 is 24.3 Å². The van der Waals surface area contributed by atoms with Gasteiger partial charge in [-0.15, -0.1) is 0 Å². The minimum atomic E-state index is -1.88. The molecule has 1 saturated heterocycles. The van der Waals surface area contributed by atoms with Gasteiger partial charge in [-0.2, -0.15) is 4.98 Å². The summed E-state index contributed by atoms with van der Waals surface area (Å²) >= 11 is 0. The fourth-order valence-electron chi connectivity index (χ4n) is 3.70. The number of nitrogens with two attached hydrogens (primary N) is 1. The molecule has 4 unspecified atom stereocenters. The van der Waals surface area contributed by atoms with Crippen molar-refractivity contribution in [2.75, 3.05) is 18.9 Å². The first kappa shape index (κ1) is 26.0. The first-order valence-electron chi connectivity index (χ1n) is 11.5. The van der Waals surface area contributed by atoms with Gasteiger partial charge in [0.2, 0.25) is 0 Å². The van der Waals surface area contributed by atoms with E-state index in [2.05, 4.69) is 10.1 Å². The number of hydrogen-bond acceptors (Lipinski definition) is 9. The standard InChI is InChI=1S/C24H28FN4O6P/c1-15(2)33-23(30)13-27-36(35-19-9-5-7-16-6-3-4-8-17(16)19)32-14-20-18(25)12-22(34-20)29-11-10-21(26)28-24(29)31/h3-11,15,18,20,22,27H,12-14H2,1-2H3,(H2,26,28,31). The summed E-state index contributed by atoms with van der Waals surface area (Å²) in [6.07, 6.45) is -2.08. The van der Waals surface area contributed by atoms with E-state index in [0.717, 1.165) is 10.8 Å². The minimum Gasteiger partial charge on any atom is -0.462 e. The first-order chi connectivity index (χ1) is 17.3. The van der Waals surface area contributed by atoms with E-state index in [1.54, 1.807) is 19.9 Å². The van der Waals surface area contributed by atoms with E-state index in [4.69, 9.17) is 24.3 Å². The third kappa shape index (κ3) is 6.55. The summed E-state index contributed by atoms with van der Waals surface area (Å²) < 4.78 is 38.9. The smallest absolute Gasteiger partial charge is 0.351 e. The van der Waals surface area contributed by atoms with Crippen molar-refractivity contribution < 1.29 is 27.7 Å². The van der Waals surface area contributed by atoms with Crippen molar-refractivity contribution in [3.8, 4) is 5.75 Å². The van der Waals surface area contributed by atoms with E-state index in [0.29, 0.717) is 5.75 Å². The molecule has 3 aromatic rings. The highest BCUT2D eigenvalue weighted by molar-refractivity contribution is 7.45. The van der Waals surface area contributed by atoms with Crippen LogP contribution in [0.2, 0.25) is 0 Å². The molecular formula is C24H28FN4O6P. The lowest BCUT2D eigenvalue weighted by Gasteiger charge is -2.22. The molecule has 4 rings (SSSR count). The molecule has 0 amide bonds. The molecule has 192 valence electrons. The molecule has 2 heterocycles. The lowest BCUT2D eigenvalue weighted by molar-refractivity contribution is -0.145. The molecule has 0 aliphatic carbocycles. The molecule has 1 aliphatic rings. The van der Waals surface area contributed by atoms with Crippen molar-refractivity contribution in [2.45, 2.75) is 44.9 Å². The number of nitrogens with zero attached hydrogens (tertiary/aromatic N) is 2. The highest BCUT2D eigenvalue weighted by atomic mass is 31.2. The summed E-state index contributed by atoms with van der Waals surface area (Å²) in [6.45, 7) is 3.17. The fourth-order valence-corrected chi connectivity index (χ4v) is 4.79. The zero-order valence-corrected chi connectivity index (χ0v) is 20.8. The molecule has 2 aromatic carbocycles.